The van der Waals surface area contributed by atoms with Crippen LogP contribution in [0.4, 0.5) is 0 Å². The Bertz CT molecular complexity index is 1320. The third-order valence-electron chi connectivity index (χ3n) is 4.80. The summed E-state index contributed by atoms with van der Waals surface area (Å²) in [5.74, 6) is -0.744. The molecule has 8 heteroatoms. The van der Waals surface area contributed by atoms with E-state index in [2.05, 4.69) is 4.98 Å². The maximum absolute atomic E-state index is 13.6. The number of nitrogens with zero attached hydrogens (tertiary/aromatic N) is 2. The molecule has 1 atom stereocenters. The molecule has 0 aliphatic rings. The van der Waals surface area contributed by atoms with E-state index in [4.69, 9.17) is 4.74 Å². The van der Waals surface area contributed by atoms with Crippen LogP contribution in [0.2, 0.25) is 0 Å². The smallest absolute Gasteiger partial charge is 0.340 e. The van der Waals surface area contributed by atoms with Gasteiger partial charge in [-0.1, -0.05) is 42.5 Å². The minimum Gasteiger partial charge on any atom is -0.465 e. The molecule has 30 heavy (non-hydrogen) atoms. The number of pyridine rings is 1. The number of aromatic nitrogens is 2. The largest absolute Gasteiger partial charge is 0.465 e. The number of carbonyl (C=O) groups excluding carboxylic acids is 1. The molecule has 0 saturated carbocycles. The summed E-state index contributed by atoms with van der Waals surface area (Å²) in [6, 6.07) is 17.6. The number of esters is 1. The monoisotopic (exact) mass is 422 g/mol. The van der Waals surface area contributed by atoms with Crippen LogP contribution >= 0.6 is 0 Å². The highest BCUT2D eigenvalue weighted by Gasteiger charge is 2.34. The second-order valence-electron chi connectivity index (χ2n) is 6.54. The number of para-hydroxylation sites is 1. The second kappa shape index (κ2) is 7.74. The maximum atomic E-state index is 13.6. The number of rotatable bonds is 5. The summed E-state index contributed by atoms with van der Waals surface area (Å²) in [4.78, 5) is 16.7. The average molecular weight is 422 g/mol. The summed E-state index contributed by atoms with van der Waals surface area (Å²) in [6.45, 7) is 0. The molecule has 0 spiro atoms. The van der Waals surface area contributed by atoms with Gasteiger partial charge in [-0.3, -0.25) is 4.98 Å². The molecule has 152 valence electrons. The van der Waals surface area contributed by atoms with E-state index in [1.807, 2.05) is 0 Å². The minimum atomic E-state index is -4.14. The van der Waals surface area contributed by atoms with E-state index >= 15 is 0 Å². The molecule has 0 aliphatic heterocycles. The normalized spacial score (nSPS) is 12.6. The topological polar surface area (TPSA) is 98.5 Å². The molecule has 0 amide bonds. The highest BCUT2D eigenvalue weighted by atomic mass is 32.2. The van der Waals surface area contributed by atoms with Gasteiger partial charge in [0.05, 0.1) is 28.8 Å². The number of aliphatic hydroxyl groups is 1. The Morgan fingerprint density at radius 3 is 2.40 bits per heavy atom. The van der Waals surface area contributed by atoms with Crippen LogP contribution in [0, 0.1) is 0 Å². The number of ether oxygens (including phenoxy) is 1. The molecule has 4 rings (SSSR count). The summed E-state index contributed by atoms with van der Waals surface area (Å²) in [7, 11) is -2.93. The Balaban J connectivity index is 2.13. The quantitative estimate of drug-likeness (QED) is 0.496. The third-order valence-corrected chi connectivity index (χ3v) is 6.54. The molecule has 2 aromatic heterocycles. The van der Waals surface area contributed by atoms with Gasteiger partial charge in [0, 0.05) is 23.3 Å². The lowest BCUT2D eigenvalue weighted by atomic mass is 10.0. The Morgan fingerprint density at radius 1 is 1.03 bits per heavy atom. The van der Waals surface area contributed by atoms with Crippen molar-refractivity contribution in [2.75, 3.05) is 7.11 Å². The first-order valence-electron chi connectivity index (χ1n) is 9.07. The van der Waals surface area contributed by atoms with E-state index < -0.39 is 22.1 Å². The second-order valence-corrected chi connectivity index (χ2v) is 8.33. The fraction of sp³-hybridized carbons (Fsp3) is 0.0909. The molecule has 0 radical (unpaired) electrons. The first-order valence-corrected chi connectivity index (χ1v) is 10.5. The lowest BCUT2D eigenvalue weighted by Gasteiger charge is -2.17. The molecule has 1 N–H and O–H groups in total. The van der Waals surface area contributed by atoms with Crippen LogP contribution in [-0.4, -0.2) is 35.6 Å². The predicted octanol–water partition coefficient (Wildman–Crippen LogP) is 3.14. The summed E-state index contributed by atoms with van der Waals surface area (Å²) in [5.41, 5.74) is 0.499. The maximum Gasteiger partial charge on any atom is 0.340 e. The number of methoxy groups -OCH3 is 1. The van der Waals surface area contributed by atoms with Crippen molar-refractivity contribution in [2.45, 2.75) is 11.0 Å². The molecular weight excluding hydrogens is 404 g/mol. The van der Waals surface area contributed by atoms with Crippen molar-refractivity contribution in [3.63, 3.8) is 0 Å². The zero-order valence-corrected chi connectivity index (χ0v) is 16.8. The average Bonchev–Trinajstić information content (AvgIpc) is 3.15. The van der Waals surface area contributed by atoms with E-state index in [0.717, 1.165) is 3.97 Å². The fourth-order valence-electron chi connectivity index (χ4n) is 3.45. The molecule has 2 aromatic carbocycles. The van der Waals surface area contributed by atoms with Gasteiger partial charge in [0.1, 0.15) is 6.10 Å². The van der Waals surface area contributed by atoms with Gasteiger partial charge in [-0.2, -0.15) is 0 Å². The minimum absolute atomic E-state index is 0.0102. The van der Waals surface area contributed by atoms with Crippen LogP contribution in [0.5, 0.6) is 0 Å². The SMILES string of the molecule is COC(=O)c1c(C(O)c2cccnc2)n(S(=O)(=O)c2ccccc2)c2ccccc12. The summed E-state index contributed by atoms with van der Waals surface area (Å²) < 4.78 is 33.2. The van der Waals surface area contributed by atoms with Crippen LogP contribution in [0.15, 0.2) is 84.0 Å². The first kappa shape index (κ1) is 19.8. The summed E-state index contributed by atoms with van der Waals surface area (Å²) in [5, 5.41) is 11.5. The lowest BCUT2D eigenvalue weighted by Crippen LogP contribution is -2.20. The van der Waals surface area contributed by atoms with Crippen molar-refractivity contribution in [1.82, 2.24) is 8.96 Å². The molecule has 0 fully saturated rings. The number of hydrogen-bond donors (Lipinski definition) is 1. The predicted molar refractivity (Wildman–Crippen MR) is 111 cm³/mol. The van der Waals surface area contributed by atoms with E-state index in [-0.39, 0.29) is 21.7 Å². The highest BCUT2D eigenvalue weighted by Crippen LogP contribution is 2.36. The van der Waals surface area contributed by atoms with Gasteiger partial charge >= 0.3 is 5.97 Å². The van der Waals surface area contributed by atoms with Gasteiger partial charge in [0.25, 0.3) is 10.0 Å². The lowest BCUT2D eigenvalue weighted by molar-refractivity contribution is 0.0597. The standard InChI is InChI=1S/C22H18N2O5S/c1-29-22(26)19-17-11-5-6-12-18(17)24(30(27,28)16-9-3-2-4-10-16)20(19)21(25)15-8-7-13-23-14-15/h2-14,21,25H,1H3. The molecular formula is C22H18N2O5S. The molecule has 4 aromatic rings. The van der Waals surface area contributed by atoms with Crippen LogP contribution in [0.1, 0.15) is 27.7 Å². The first-order chi connectivity index (χ1) is 14.5. The van der Waals surface area contributed by atoms with Crippen molar-refractivity contribution < 1.29 is 23.1 Å². The summed E-state index contributed by atoms with van der Waals surface area (Å²) in [6.07, 6.45) is 1.52. The number of fused-ring (bicyclic) bond motifs is 1. The van der Waals surface area contributed by atoms with Crippen molar-refractivity contribution in [3.8, 4) is 0 Å². The Hall–Kier alpha value is -3.49. The molecule has 0 aliphatic carbocycles. The number of aliphatic hydroxyl groups excluding tert-OH is 1. The van der Waals surface area contributed by atoms with Crippen molar-refractivity contribution >= 4 is 26.9 Å². The highest BCUT2D eigenvalue weighted by molar-refractivity contribution is 7.90. The molecule has 7 nitrogen and oxygen atoms in total. The third kappa shape index (κ3) is 3.16. The molecule has 1 unspecified atom stereocenters. The van der Waals surface area contributed by atoms with Crippen LogP contribution in [0.25, 0.3) is 10.9 Å². The van der Waals surface area contributed by atoms with Gasteiger partial charge in [-0.15, -0.1) is 0 Å². The van der Waals surface area contributed by atoms with Crippen molar-refractivity contribution in [2.24, 2.45) is 0 Å². The van der Waals surface area contributed by atoms with Gasteiger partial charge < -0.3 is 9.84 Å². The molecule has 0 saturated heterocycles. The van der Waals surface area contributed by atoms with E-state index in [0.29, 0.717) is 10.9 Å². The number of benzene rings is 2. The fourth-order valence-corrected chi connectivity index (χ4v) is 5.03. The van der Waals surface area contributed by atoms with Crippen molar-refractivity contribution in [1.29, 1.82) is 0 Å². The van der Waals surface area contributed by atoms with Gasteiger partial charge in [-0.05, 0) is 24.3 Å². The van der Waals surface area contributed by atoms with Crippen LogP contribution in [0.3, 0.4) is 0 Å². The van der Waals surface area contributed by atoms with E-state index in [1.165, 1.54) is 31.6 Å². The van der Waals surface area contributed by atoms with Gasteiger partial charge in [-0.25, -0.2) is 17.2 Å². The van der Waals surface area contributed by atoms with Gasteiger partial charge in [0.15, 0.2) is 0 Å². The Morgan fingerprint density at radius 2 is 1.73 bits per heavy atom. The van der Waals surface area contributed by atoms with Gasteiger partial charge in [0.2, 0.25) is 0 Å². The Kier molecular flexibility index (Phi) is 5.11. The zero-order valence-electron chi connectivity index (χ0n) is 16.0. The number of carbonyl (C=O) groups is 1. The Labute approximate surface area is 173 Å². The van der Waals surface area contributed by atoms with E-state index in [9.17, 15) is 18.3 Å². The molecule has 2 heterocycles. The van der Waals surface area contributed by atoms with E-state index in [1.54, 1.807) is 54.6 Å². The molecule has 0 bridgehead atoms. The summed E-state index contributed by atoms with van der Waals surface area (Å²) >= 11 is 0. The van der Waals surface area contributed by atoms with Crippen LogP contribution in [-0.2, 0) is 14.8 Å². The number of hydrogen-bond acceptors (Lipinski definition) is 6. The zero-order chi connectivity index (χ0) is 21.3. The van der Waals surface area contributed by atoms with Crippen molar-refractivity contribution in [3.05, 3.63) is 95.9 Å². The van der Waals surface area contributed by atoms with Crippen LogP contribution < -0.4 is 0 Å².